The van der Waals surface area contributed by atoms with Gasteiger partial charge in [-0.15, -0.1) is 0 Å². The molecular weight excluding hydrogens is 240 g/mol. The third kappa shape index (κ3) is 2.93. The molecule has 1 heterocycles. The van der Waals surface area contributed by atoms with E-state index in [-0.39, 0.29) is 5.91 Å². The van der Waals surface area contributed by atoms with E-state index in [0.29, 0.717) is 12.1 Å². The van der Waals surface area contributed by atoms with Gasteiger partial charge in [0, 0.05) is 12.7 Å². The molecule has 1 aromatic carbocycles. The summed E-state index contributed by atoms with van der Waals surface area (Å²) in [6.45, 7) is 3.80. The molecule has 1 amide bonds. The van der Waals surface area contributed by atoms with Gasteiger partial charge < -0.3 is 11.1 Å². The Labute approximate surface area is 112 Å². The number of aryl methyl sites for hydroxylation is 2. The van der Waals surface area contributed by atoms with Crippen LogP contribution in [0.2, 0.25) is 0 Å². The van der Waals surface area contributed by atoms with Crippen LogP contribution in [0.3, 0.4) is 0 Å². The molecule has 0 saturated carbocycles. The normalized spacial score (nSPS) is 10.5. The van der Waals surface area contributed by atoms with Gasteiger partial charge in [0.1, 0.15) is 0 Å². The molecule has 0 aliphatic heterocycles. The number of carbonyl (C=O) groups excluding carboxylic acids is 1. The number of hydrogen-bond donors (Lipinski definition) is 2. The number of benzene rings is 1. The van der Waals surface area contributed by atoms with Crippen LogP contribution in [0.5, 0.6) is 0 Å². The summed E-state index contributed by atoms with van der Waals surface area (Å²) in [4.78, 5) is 12.0. The molecule has 0 aliphatic rings. The van der Waals surface area contributed by atoms with Crippen LogP contribution < -0.4 is 11.1 Å². The van der Waals surface area contributed by atoms with Crippen molar-refractivity contribution in [1.29, 1.82) is 0 Å². The van der Waals surface area contributed by atoms with Crippen LogP contribution >= 0.6 is 0 Å². The molecule has 100 valence electrons. The Morgan fingerprint density at radius 3 is 2.74 bits per heavy atom. The minimum atomic E-state index is -0.0650. The van der Waals surface area contributed by atoms with Crippen molar-refractivity contribution in [1.82, 2.24) is 9.78 Å². The molecule has 2 aromatic rings. The number of nitrogens with one attached hydrogen (secondary N) is 1. The summed E-state index contributed by atoms with van der Waals surface area (Å²) in [5, 5.41) is 7.17. The summed E-state index contributed by atoms with van der Waals surface area (Å²) in [6, 6.07) is 7.34. The van der Waals surface area contributed by atoms with Crippen molar-refractivity contribution in [3.05, 3.63) is 41.2 Å². The van der Waals surface area contributed by atoms with Gasteiger partial charge in [-0.05, 0) is 31.5 Å². The number of nitrogens with zero attached hydrogens (tertiary/aromatic N) is 2. The number of aromatic nitrogens is 2. The van der Waals surface area contributed by atoms with E-state index in [0.717, 1.165) is 22.6 Å². The first-order valence-electron chi connectivity index (χ1n) is 6.12. The van der Waals surface area contributed by atoms with Crippen molar-refractivity contribution in [3.63, 3.8) is 0 Å². The van der Waals surface area contributed by atoms with Gasteiger partial charge in [0.15, 0.2) is 0 Å². The van der Waals surface area contributed by atoms with Gasteiger partial charge in [-0.1, -0.05) is 12.1 Å². The topological polar surface area (TPSA) is 72.9 Å². The highest BCUT2D eigenvalue weighted by Crippen LogP contribution is 2.18. The second-order valence-corrected chi connectivity index (χ2v) is 4.64. The van der Waals surface area contributed by atoms with Crippen molar-refractivity contribution in [2.45, 2.75) is 20.3 Å². The third-order valence-electron chi connectivity index (χ3n) is 3.09. The predicted octanol–water partition coefficient (Wildman–Crippen LogP) is 1.80. The van der Waals surface area contributed by atoms with Crippen LogP contribution in [0.4, 0.5) is 11.4 Å². The van der Waals surface area contributed by atoms with Gasteiger partial charge in [0.2, 0.25) is 5.91 Å². The summed E-state index contributed by atoms with van der Waals surface area (Å²) < 4.78 is 1.76. The van der Waals surface area contributed by atoms with Crippen LogP contribution in [0.15, 0.2) is 24.3 Å². The molecule has 0 unspecified atom stereocenters. The molecule has 0 bridgehead atoms. The Bertz CT molecular complexity index is 616. The van der Waals surface area contributed by atoms with E-state index in [1.54, 1.807) is 10.7 Å². The van der Waals surface area contributed by atoms with E-state index >= 15 is 0 Å². The summed E-state index contributed by atoms with van der Waals surface area (Å²) in [6.07, 6.45) is 0.304. The molecule has 0 atom stereocenters. The van der Waals surface area contributed by atoms with Crippen molar-refractivity contribution in [3.8, 4) is 0 Å². The number of amides is 1. The van der Waals surface area contributed by atoms with E-state index in [9.17, 15) is 4.79 Å². The largest absolute Gasteiger partial charge is 0.399 e. The summed E-state index contributed by atoms with van der Waals surface area (Å²) in [5.74, 6) is -0.0650. The minimum Gasteiger partial charge on any atom is -0.399 e. The molecule has 0 saturated heterocycles. The Morgan fingerprint density at radius 2 is 2.16 bits per heavy atom. The van der Waals surface area contributed by atoms with Crippen molar-refractivity contribution >= 4 is 17.3 Å². The maximum atomic E-state index is 12.0. The highest BCUT2D eigenvalue weighted by Gasteiger charge is 2.12. The quantitative estimate of drug-likeness (QED) is 0.824. The zero-order valence-electron chi connectivity index (χ0n) is 11.4. The van der Waals surface area contributed by atoms with E-state index in [4.69, 9.17) is 5.73 Å². The molecule has 1 aromatic heterocycles. The van der Waals surface area contributed by atoms with Crippen LogP contribution in [-0.2, 0) is 18.3 Å². The molecule has 0 aliphatic carbocycles. The summed E-state index contributed by atoms with van der Waals surface area (Å²) in [5.41, 5.74) is 9.81. The zero-order chi connectivity index (χ0) is 14.0. The molecule has 19 heavy (non-hydrogen) atoms. The number of carbonyl (C=O) groups is 1. The Morgan fingerprint density at radius 1 is 1.42 bits per heavy atom. The fraction of sp³-hybridized carbons (Fsp3) is 0.286. The molecule has 5 nitrogen and oxygen atoms in total. The number of nitrogens with two attached hydrogens (primary N) is 1. The smallest absolute Gasteiger partial charge is 0.228 e. The number of anilines is 2. The lowest BCUT2D eigenvalue weighted by atomic mass is 10.1. The highest BCUT2D eigenvalue weighted by atomic mass is 16.1. The van der Waals surface area contributed by atoms with E-state index in [1.165, 1.54) is 0 Å². The maximum Gasteiger partial charge on any atom is 0.228 e. The maximum absolute atomic E-state index is 12.0. The lowest BCUT2D eigenvalue weighted by molar-refractivity contribution is -0.115. The first-order chi connectivity index (χ1) is 8.97. The molecule has 0 spiro atoms. The Hall–Kier alpha value is -2.30. The van der Waals surface area contributed by atoms with Crippen LogP contribution in [-0.4, -0.2) is 15.7 Å². The van der Waals surface area contributed by atoms with Crippen LogP contribution in [0, 0.1) is 13.8 Å². The molecule has 0 fully saturated rings. The lowest BCUT2D eigenvalue weighted by Gasteiger charge is -2.06. The summed E-state index contributed by atoms with van der Waals surface area (Å²) in [7, 11) is 1.86. The van der Waals surface area contributed by atoms with Gasteiger partial charge in [0.25, 0.3) is 0 Å². The molecule has 0 radical (unpaired) electrons. The predicted molar refractivity (Wildman–Crippen MR) is 75.9 cm³/mol. The van der Waals surface area contributed by atoms with Crippen LogP contribution in [0.1, 0.15) is 17.0 Å². The molecule has 2 rings (SSSR count). The minimum absolute atomic E-state index is 0.0650. The summed E-state index contributed by atoms with van der Waals surface area (Å²) >= 11 is 0. The standard InChI is InChI=1S/C14H18N4O/c1-9-14(10(2)18(3)17-9)16-13(19)8-11-5-4-6-12(15)7-11/h4-7H,8,15H2,1-3H3,(H,16,19). The fourth-order valence-electron chi connectivity index (χ4n) is 2.03. The van der Waals surface area contributed by atoms with Crippen LogP contribution in [0.25, 0.3) is 0 Å². The monoisotopic (exact) mass is 258 g/mol. The SMILES string of the molecule is Cc1nn(C)c(C)c1NC(=O)Cc1cccc(N)c1. The molecular formula is C14H18N4O. The van der Waals surface area contributed by atoms with Gasteiger partial charge in [-0.3, -0.25) is 9.48 Å². The second-order valence-electron chi connectivity index (χ2n) is 4.64. The van der Waals surface area contributed by atoms with Gasteiger partial charge in [-0.2, -0.15) is 5.10 Å². The number of hydrogen-bond acceptors (Lipinski definition) is 3. The molecule has 5 heteroatoms. The Balaban J connectivity index is 2.09. The van der Waals surface area contributed by atoms with Crippen molar-refractivity contribution < 1.29 is 4.79 Å². The average Bonchev–Trinajstić information content (AvgIpc) is 2.56. The molecule has 3 N–H and O–H groups in total. The van der Waals surface area contributed by atoms with Gasteiger partial charge in [0.05, 0.1) is 23.5 Å². The average molecular weight is 258 g/mol. The van der Waals surface area contributed by atoms with E-state index in [2.05, 4.69) is 10.4 Å². The first kappa shape index (κ1) is 13.1. The first-order valence-corrected chi connectivity index (χ1v) is 6.12. The van der Waals surface area contributed by atoms with E-state index in [1.807, 2.05) is 39.1 Å². The van der Waals surface area contributed by atoms with Crippen molar-refractivity contribution in [2.75, 3.05) is 11.1 Å². The van der Waals surface area contributed by atoms with Gasteiger partial charge in [-0.25, -0.2) is 0 Å². The lowest BCUT2D eigenvalue weighted by Crippen LogP contribution is -2.15. The fourth-order valence-corrected chi connectivity index (χ4v) is 2.03. The number of rotatable bonds is 3. The van der Waals surface area contributed by atoms with Gasteiger partial charge >= 0.3 is 0 Å². The third-order valence-corrected chi connectivity index (χ3v) is 3.09. The highest BCUT2D eigenvalue weighted by molar-refractivity contribution is 5.93. The van der Waals surface area contributed by atoms with E-state index < -0.39 is 0 Å². The van der Waals surface area contributed by atoms with Crippen molar-refractivity contribution in [2.24, 2.45) is 7.05 Å². The Kier molecular flexibility index (Phi) is 3.55. The zero-order valence-corrected chi connectivity index (χ0v) is 11.4. The number of nitrogen functional groups attached to an aromatic ring is 1. The second kappa shape index (κ2) is 5.14.